The maximum Gasteiger partial charge on any atom is 0.187 e. The number of aliphatic hydroxyl groups excluding tert-OH is 1. The molecule has 4 nitrogen and oxygen atoms in total. The lowest BCUT2D eigenvalue weighted by Crippen LogP contribution is -2.03. The SMILES string of the molecule is [C-]#[N+]c1ccc(-c2ccc(OCCCCCCC(=O)CO)cc2)cc1. The molecule has 2 aromatic rings. The van der Waals surface area contributed by atoms with E-state index in [1.807, 2.05) is 48.5 Å². The van der Waals surface area contributed by atoms with Gasteiger partial charge < -0.3 is 9.84 Å². The van der Waals surface area contributed by atoms with Crippen LogP contribution in [0.2, 0.25) is 0 Å². The van der Waals surface area contributed by atoms with E-state index in [0.29, 0.717) is 18.7 Å². The van der Waals surface area contributed by atoms with Gasteiger partial charge in [0, 0.05) is 6.42 Å². The Labute approximate surface area is 148 Å². The largest absolute Gasteiger partial charge is 0.494 e. The van der Waals surface area contributed by atoms with E-state index in [4.69, 9.17) is 16.4 Å². The standard InChI is InChI=1S/C21H23NO3/c1-22-19-11-7-17(8-12-19)18-9-13-21(14-10-18)25-15-5-3-2-4-6-20(24)16-23/h7-14,23H,2-6,15-16H2. The predicted octanol–water partition coefficient (Wildman–Crippen LogP) is 4.80. The minimum Gasteiger partial charge on any atom is -0.494 e. The Hall–Kier alpha value is -2.64. The number of ether oxygens (including phenoxy) is 1. The molecule has 0 atom stereocenters. The summed E-state index contributed by atoms with van der Waals surface area (Å²) in [4.78, 5) is 14.4. The Morgan fingerprint density at radius 1 is 0.920 bits per heavy atom. The van der Waals surface area contributed by atoms with Gasteiger partial charge >= 0.3 is 0 Å². The third kappa shape index (κ3) is 6.40. The van der Waals surface area contributed by atoms with Crippen molar-refractivity contribution in [2.75, 3.05) is 13.2 Å². The molecule has 0 heterocycles. The summed E-state index contributed by atoms with van der Waals surface area (Å²) < 4.78 is 5.74. The fraction of sp³-hybridized carbons (Fsp3) is 0.333. The lowest BCUT2D eigenvalue weighted by Gasteiger charge is -2.08. The molecule has 0 aliphatic rings. The van der Waals surface area contributed by atoms with Crippen molar-refractivity contribution in [3.8, 4) is 16.9 Å². The second-order valence-corrected chi connectivity index (χ2v) is 5.89. The third-order valence-corrected chi connectivity index (χ3v) is 3.98. The van der Waals surface area contributed by atoms with E-state index in [-0.39, 0.29) is 12.4 Å². The molecule has 0 spiro atoms. The molecule has 130 valence electrons. The van der Waals surface area contributed by atoms with Gasteiger partial charge in [-0.1, -0.05) is 49.2 Å². The van der Waals surface area contributed by atoms with Crippen LogP contribution in [-0.2, 0) is 4.79 Å². The van der Waals surface area contributed by atoms with E-state index in [0.717, 1.165) is 42.6 Å². The Kier molecular flexibility index (Phi) is 7.68. The van der Waals surface area contributed by atoms with E-state index in [1.54, 1.807) is 0 Å². The molecule has 2 aromatic carbocycles. The summed E-state index contributed by atoms with van der Waals surface area (Å²) >= 11 is 0. The Bertz CT molecular complexity index is 699. The molecule has 0 aliphatic heterocycles. The normalized spacial score (nSPS) is 10.2. The van der Waals surface area contributed by atoms with Crippen molar-refractivity contribution in [1.29, 1.82) is 0 Å². The lowest BCUT2D eigenvalue weighted by molar-refractivity contribution is -0.121. The summed E-state index contributed by atoms with van der Waals surface area (Å²) in [5, 5.41) is 8.64. The molecule has 0 amide bonds. The number of carbonyl (C=O) groups excluding carboxylic acids is 1. The van der Waals surface area contributed by atoms with Gasteiger partial charge in [0.05, 0.1) is 13.2 Å². The number of benzene rings is 2. The zero-order valence-electron chi connectivity index (χ0n) is 14.3. The number of aliphatic hydroxyl groups is 1. The van der Waals surface area contributed by atoms with Crippen molar-refractivity contribution in [2.24, 2.45) is 0 Å². The average Bonchev–Trinajstić information content (AvgIpc) is 2.67. The van der Waals surface area contributed by atoms with Gasteiger partial charge in [0.25, 0.3) is 0 Å². The maximum atomic E-state index is 11.0. The van der Waals surface area contributed by atoms with Crippen LogP contribution < -0.4 is 4.74 Å². The van der Waals surface area contributed by atoms with Crippen LogP contribution in [0.4, 0.5) is 5.69 Å². The van der Waals surface area contributed by atoms with Crippen molar-refractivity contribution in [2.45, 2.75) is 32.1 Å². The van der Waals surface area contributed by atoms with Gasteiger partial charge in [0.1, 0.15) is 12.4 Å². The molecule has 0 saturated carbocycles. The Morgan fingerprint density at radius 2 is 1.52 bits per heavy atom. The van der Waals surface area contributed by atoms with Crippen LogP contribution in [0.5, 0.6) is 5.75 Å². The molecule has 0 aromatic heterocycles. The molecule has 0 unspecified atom stereocenters. The van der Waals surface area contributed by atoms with Crippen molar-refractivity contribution in [1.82, 2.24) is 0 Å². The van der Waals surface area contributed by atoms with Crippen LogP contribution in [0.1, 0.15) is 32.1 Å². The molecule has 0 fully saturated rings. The first-order valence-electron chi connectivity index (χ1n) is 8.56. The van der Waals surface area contributed by atoms with Gasteiger partial charge in [0.2, 0.25) is 0 Å². The molecule has 0 radical (unpaired) electrons. The summed E-state index contributed by atoms with van der Waals surface area (Å²) in [7, 11) is 0. The fourth-order valence-corrected chi connectivity index (χ4v) is 2.52. The molecule has 1 N–H and O–H groups in total. The second-order valence-electron chi connectivity index (χ2n) is 5.89. The van der Waals surface area contributed by atoms with E-state index >= 15 is 0 Å². The Morgan fingerprint density at radius 3 is 2.12 bits per heavy atom. The van der Waals surface area contributed by atoms with Crippen molar-refractivity contribution >= 4 is 11.5 Å². The monoisotopic (exact) mass is 337 g/mol. The van der Waals surface area contributed by atoms with E-state index in [2.05, 4.69) is 4.85 Å². The van der Waals surface area contributed by atoms with Crippen LogP contribution in [-0.4, -0.2) is 24.1 Å². The first-order chi connectivity index (χ1) is 12.2. The topological polar surface area (TPSA) is 50.9 Å². The molecule has 0 bridgehead atoms. The third-order valence-electron chi connectivity index (χ3n) is 3.98. The van der Waals surface area contributed by atoms with E-state index in [9.17, 15) is 4.79 Å². The number of unbranched alkanes of at least 4 members (excludes halogenated alkanes) is 3. The van der Waals surface area contributed by atoms with Crippen LogP contribution >= 0.6 is 0 Å². The summed E-state index contributed by atoms with van der Waals surface area (Å²) in [5.74, 6) is 0.761. The summed E-state index contributed by atoms with van der Waals surface area (Å²) in [5.41, 5.74) is 2.82. The van der Waals surface area contributed by atoms with Gasteiger partial charge in [0.15, 0.2) is 11.5 Å². The molecule has 4 heteroatoms. The predicted molar refractivity (Wildman–Crippen MR) is 98.8 cm³/mol. The highest BCUT2D eigenvalue weighted by Crippen LogP contribution is 2.24. The number of carbonyl (C=O) groups is 1. The molecular weight excluding hydrogens is 314 g/mol. The summed E-state index contributed by atoms with van der Waals surface area (Å²) in [6, 6.07) is 15.5. The first kappa shape index (κ1) is 18.7. The molecule has 0 aliphatic carbocycles. The highest BCUT2D eigenvalue weighted by Gasteiger charge is 2.01. The van der Waals surface area contributed by atoms with Crippen molar-refractivity contribution < 1.29 is 14.6 Å². The quantitative estimate of drug-likeness (QED) is 0.501. The zero-order valence-corrected chi connectivity index (χ0v) is 14.3. The minimum absolute atomic E-state index is 0.0833. The van der Waals surface area contributed by atoms with E-state index < -0.39 is 0 Å². The molecule has 25 heavy (non-hydrogen) atoms. The van der Waals surface area contributed by atoms with Crippen LogP contribution in [0.25, 0.3) is 16.0 Å². The van der Waals surface area contributed by atoms with Gasteiger partial charge in [-0.15, -0.1) is 0 Å². The number of hydrogen-bond donors (Lipinski definition) is 1. The highest BCUT2D eigenvalue weighted by atomic mass is 16.5. The van der Waals surface area contributed by atoms with Gasteiger partial charge in [-0.05, 0) is 36.1 Å². The minimum atomic E-state index is -0.344. The van der Waals surface area contributed by atoms with Gasteiger partial charge in [-0.3, -0.25) is 4.79 Å². The van der Waals surface area contributed by atoms with Crippen LogP contribution in [0.3, 0.4) is 0 Å². The summed E-state index contributed by atoms with van der Waals surface area (Å²) in [6.45, 7) is 7.29. The van der Waals surface area contributed by atoms with E-state index in [1.165, 1.54) is 0 Å². The average molecular weight is 337 g/mol. The van der Waals surface area contributed by atoms with Crippen LogP contribution in [0, 0.1) is 6.57 Å². The highest BCUT2D eigenvalue weighted by molar-refractivity contribution is 5.79. The number of ketones is 1. The number of rotatable bonds is 10. The molecular formula is C21H23NO3. The summed E-state index contributed by atoms with van der Waals surface area (Å²) in [6.07, 6.45) is 4.25. The van der Waals surface area contributed by atoms with Gasteiger partial charge in [-0.25, -0.2) is 4.85 Å². The second kappa shape index (κ2) is 10.3. The Balaban J connectivity index is 1.70. The maximum absolute atomic E-state index is 11.0. The number of hydrogen-bond acceptors (Lipinski definition) is 3. The van der Waals surface area contributed by atoms with Gasteiger partial charge in [-0.2, -0.15) is 0 Å². The lowest BCUT2D eigenvalue weighted by atomic mass is 10.1. The van der Waals surface area contributed by atoms with Crippen LogP contribution in [0.15, 0.2) is 48.5 Å². The molecule has 0 saturated heterocycles. The molecule has 2 rings (SSSR count). The smallest absolute Gasteiger partial charge is 0.187 e. The first-order valence-corrected chi connectivity index (χ1v) is 8.56. The fourth-order valence-electron chi connectivity index (χ4n) is 2.52. The van der Waals surface area contributed by atoms with Crippen molar-refractivity contribution in [3.05, 3.63) is 59.9 Å². The van der Waals surface area contributed by atoms with Crippen molar-refractivity contribution in [3.63, 3.8) is 0 Å². The zero-order chi connectivity index (χ0) is 17.9. The number of Topliss-reactive ketones (excluding diaryl/α,β-unsaturated/α-hetero) is 1. The number of nitrogens with zero attached hydrogens (tertiary/aromatic N) is 1.